The lowest BCUT2D eigenvalue weighted by molar-refractivity contribution is -0.135. The molecule has 1 saturated heterocycles. The average molecular weight is 371 g/mol. The van der Waals surface area contributed by atoms with Crippen molar-refractivity contribution in [2.45, 2.75) is 40.3 Å². The summed E-state index contributed by atoms with van der Waals surface area (Å²) in [5.74, 6) is 0.251. The van der Waals surface area contributed by atoms with Crippen molar-refractivity contribution in [1.82, 2.24) is 14.9 Å². The Bertz CT molecular complexity index is 865. The number of pyridine rings is 2. The Labute approximate surface area is 159 Å². The van der Waals surface area contributed by atoms with Crippen molar-refractivity contribution in [3.8, 4) is 0 Å². The Hall–Kier alpha value is -2.14. The second-order valence-electron chi connectivity index (χ2n) is 7.35. The van der Waals surface area contributed by atoms with Crippen LogP contribution in [-0.2, 0) is 17.9 Å². The largest absolute Gasteiger partial charge is 0.369 e. The van der Waals surface area contributed by atoms with Gasteiger partial charge in [0.25, 0.3) is 0 Å². The molecule has 2 aromatic rings. The number of nitrogens with zero attached hydrogens (tertiary/aromatic N) is 4. The second-order valence-corrected chi connectivity index (χ2v) is 7.72. The van der Waals surface area contributed by atoms with Gasteiger partial charge in [-0.2, -0.15) is 0 Å². The Balaban J connectivity index is 1.46. The number of rotatable bonds is 2. The summed E-state index contributed by atoms with van der Waals surface area (Å²) in [5.41, 5.74) is 6.11. The molecular formula is C20H23ClN4O. The highest BCUT2D eigenvalue weighted by atomic mass is 35.5. The number of amides is 1. The van der Waals surface area contributed by atoms with E-state index in [0.717, 1.165) is 58.4 Å². The fourth-order valence-electron chi connectivity index (χ4n) is 3.96. The standard InChI is InChI=1S/C20H23ClN4O/c1-12-4-5-16(8-22-12)24-7-6-15(9-24)20(26)25-10-17-13(2)19(21)14(3)23-18(17)11-25/h4-5,8,15H,6-7,9-11H2,1-3H3/t15-/m1/s1. The number of anilines is 1. The van der Waals surface area contributed by atoms with E-state index in [-0.39, 0.29) is 11.8 Å². The minimum atomic E-state index is 0.0301. The van der Waals surface area contributed by atoms with Crippen molar-refractivity contribution in [3.05, 3.63) is 51.6 Å². The summed E-state index contributed by atoms with van der Waals surface area (Å²) < 4.78 is 0. The molecule has 26 heavy (non-hydrogen) atoms. The third-order valence-electron chi connectivity index (χ3n) is 5.55. The van der Waals surface area contributed by atoms with Gasteiger partial charge >= 0.3 is 0 Å². The highest BCUT2D eigenvalue weighted by molar-refractivity contribution is 6.32. The second kappa shape index (κ2) is 6.54. The Morgan fingerprint density at radius 1 is 1.23 bits per heavy atom. The van der Waals surface area contributed by atoms with Crippen molar-refractivity contribution in [1.29, 1.82) is 0 Å². The monoisotopic (exact) mass is 370 g/mol. The molecule has 136 valence electrons. The number of aryl methyl sites for hydroxylation is 2. The predicted octanol–water partition coefficient (Wildman–Crippen LogP) is 3.42. The van der Waals surface area contributed by atoms with Gasteiger partial charge in [-0.15, -0.1) is 0 Å². The molecule has 4 heterocycles. The highest BCUT2D eigenvalue weighted by Gasteiger charge is 2.35. The fourth-order valence-corrected chi connectivity index (χ4v) is 4.12. The van der Waals surface area contributed by atoms with Crippen LogP contribution in [0.25, 0.3) is 0 Å². The van der Waals surface area contributed by atoms with Crippen LogP contribution in [0.3, 0.4) is 0 Å². The van der Waals surface area contributed by atoms with Gasteiger partial charge in [0, 0.05) is 25.3 Å². The summed E-state index contributed by atoms with van der Waals surface area (Å²) in [5, 5.41) is 0.719. The maximum atomic E-state index is 13.1. The molecule has 0 bridgehead atoms. The maximum Gasteiger partial charge on any atom is 0.228 e. The van der Waals surface area contributed by atoms with Crippen LogP contribution in [0.4, 0.5) is 5.69 Å². The third-order valence-corrected chi connectivity index (χ3v) is 6.11. The quantitative estimate of drug-likeness (QED) is 0.812. The molecule has 2 aromatic heterocycles. The summed E-state index contributed by atoms with van der Waals surface area (Å²) in [6, 6.07) is 4.10. The molecule has 0 spiro atoms. The maximum absolute atomic E-state index is 13.1. The zero-order valence-electron chi connectivity index (χ0n) is 15.4. The first-order valence-electron chi connectivity index (χ1n) is 9.05. The van der Waals surface area contributed by atoms with E-state index in [1.807, 2.05) is 37.9 Å². The van der Waals surface area contributed by atoms with Crippen LogP contribution in [0, 0.1) is 26.7 Å². The van der Waals surface area contributed by atoms with Crippen LogP contribution in [0.1, 0.15) is 34.6 Å². The number of hydrogen-bond donors (Lipinski definition) is 0. The van der Waals surface area contributed by atoms with Gasteiger partial charge in [0.2, 0.25) is 5.91 Å². The zero-order valence-corrected chi connectivity index (χ0v) is 16.2. The van der Waals surface area contributed by atoms with Crippen molar-refractivity contribution >= 4 is 23.2 Å². The Morgan fingerprint density at radius 2 is 2.04 bits per heavy atom. The number of hydrogen-bond acceptors (Lipinski definition) is 4. The van der Waals surface area contributed by atoms with Gasteiger partial charge in [0.05, 0.1) is 40.8 Å². The molecule has 1 amide bonds. The molecule has 4 rings (SSSR count). The van der Waals surface area contributed by atoms with Gasteiger partial charge in [-0.25, -0.2) is 0 Å². The lowest BCUT2D eigenvalue weighted by atomic mass is 10.1. The molecule has 0 saturated carbocycles. The first-order valence-corrected chi connectivity index (χ1v) is 9.42. The van der Waals surface area contributed by atoms with E-state index < -0.39 is 0 Å². The van der Waals surface area contributed by atoms with E-state index in [1.165, 1.54) is 0 Å². The van der Waals surface area contributed by atoms with E-state index in [1.54, 1.807) is 0 Å². The Morgan fingerprint density at radius 3 is 2.77 bits per heavy atom. The minimum absolute atomic E-state index is 0.0301. The van der Waals surface area contributed by atoms with Gasteiger partial charge in [-0.1, -0.05) is 11.6 Å². The number of carbonyl (C=O) groups excluding carboxylic acids is 1. The number of aromatic nitrogens is 2. The van der Waals surface area contributed by atoms with Crippen molar-refractivity contribution in [3.63, 3.8) is 0 Å². The minimum Gasteiger partial charge on any atom is -0.369 e. The molecule has 0 aliphatic carbocycles. The molecule has 0 radical (unpaired) electrons. The Kier molecular flexibility index (Phi) is 4.35. The van der Waals surface area contributed by atoms with Crippen LogP contribution in [0.15, 0.2) is 18.3 Å². The molecule has 1 atom stereocenters. The molecule has 5 nitrogen and oxygen atoms in total. The number of halogens is 1. The van der Waals surface area contributed by atoms with Crippen LogP contribution < -0.4 is 4.90 Å². The van der Waals surface area contributed by atoms with E-state index in [4.69, 9.17) is 11.6 Å². The molecule has 1 fully saturated rings. The van der Waals surface area contributed by atoms with Crippen molar-refractivity contribution < 1.29 is 4.79 Å². The van der Waals surface area contributed by atoms with Crippen molar-refractivity contribution in [2.75, 3.05) is 18.0 Å². The zero-order chi connectivity index (χ0) is 18.4. The fraction of sp³-hybridized carbons (Fsp3) is 0.450. The molecular weight excluding hydrogens is 348 g/mol. The molecule has 0 aromatic carbocycles. The third kappa shape index (κ3) is 2.94. The first-order chi connectivity index (χ1) is 12.4. The normalized spacial score (nSPS) is 19.2. The van der Waals surface area contributed by atoms with Gasteiger partial charge in [-0.3, -0.25) is 14.8 Å². The highest BCUT2D eigenvalue weighted by Crippen LogP contribution is 2.33. The van der Waals surface area contributed by atoms with Gasteiger partial charge in [0.1, 0.15) is 0 Å². The summed E-state index contributed by atoms with van der Waals surface area (Å²) in [4.78, 5) is 26.2. The van der Waals surface area contributed by atoms with Gasteiger partial charge < -0.3 is 9.80 Å². The van der Waals surface area contributed by atoms with E-state index >= 15 is 0 Å². The SMILES string of the molecule is Cc1ccc(N2CC[C@@H](C(=O)N3Cc4nc(C)c(Cl)c(C)c4C3)C2)cn1. The predicted molar refractivity (Wildman–Crippen MR) is 102 cm³/mol. The molecule has 0 unspecified atom stereocenters. The summed E-state index contributed by atoms with van der Waals surface area (Å²) in [6.45, 7) is 8.78. The lowest BCUT2D eigenvalue weighted by Gasteiger charge is -2.21. The summed E-state index contributed by atoms with van der Waals surface area (Å²) in [6.07, 6.45) is 2.78. The van der Waals surface area contributed by atoms with Crippen LogP contribution >= 0.6 is 11.6 Å². The summed E-state index contributed by atoms with van der Waals surface area (Å²) in [7, 11) is 0. The first kappa shape index (κ1) is 17.3. The average Bonchev–Trinajstić information content (AvgIpc) is 3.27. The molecule has 6 heteroatoms. The van der Waals surface area contributed by atoms with E-state index in [9.17, 15) is 4.79 Å². The molecule has 2 aliphatic rings. The van der Waals surface area contributed by atoms with Crippen LogP contribution in [-0.4, -0.2) is 33.9 Å². The number of carbonyl (C=O) groups is 1. The molecule has 0 N–H and O–H groups in total. The van der Waals surface area contributed by atoms with Gasteiger partial charge in [0.15, 0.2) is 0 Å². The van der Waals surface area contributed by atoms with Crippen LogP contribution in [0.5, 0.6) is 0 Å². The smallest absolute Gasteiger partial charge is 0.228 e. The van der Waals surface area contributed by atoms with Crippen LogP contribution in [0.2, 0.25) is 5.02 Å². The summed E-state index contributed by atoms with van der Waals surface area (Å²) >= 11 is 6.34. The topological polar surface area (TPSA) is 49.3 Å². The lowest BCUT2D eigenvalue weighted by Crippen LogP contribution is -2.34. The molecule has 2 aliphatic heterocycles. The van der Waals surface area contributed by atoms with E-state index in [2.05, 4.69) is 20.9 Å². The number of fused-ring (bicyclic) bond motifs is 1. The van der Waals surface area contributed by atoms with Gasteiger partial charge in [-0.05, 0) is 50.5 Å². The van der Waals surface area contributed by atoms with Crippen molar-refractivity contribution in [2.24, 2.45) is 5.92 Å². The van der Waals surface area contributed by atoms with E-state index in [0.29, 0.717) is 13.1 Å².